The van der Waals surface area contributed by atoms with Gasteiger partial charge in [-0.1, -0.05) is 52.0 Å². The van der Waals surface area contributed by atoms with Gasteiger partial charge in [-0.05, 0) is 74.0 Å². The molecule has 0 bridgehead atoms. The number of carbonyl (C=O) groups excluding carboxylic acids is 3. The molecule has 0 amide bonds. The molecule has 4 aliphatic rings. The average Bonchev–Trinajstić information content (AvgIpc) is 2.87. The van der Waals surface area contributed by atoms with Crippen LogP contribution in [0.15, 0.2) is 28.7 Å². The molecule has 3 unspecified atom stereocenters. The monoisotopic (exact) mass is 536 g/mol. The van der Waals surface area contributed by atoms with E-state index in [1.165, 1.54) is 32.1 Å². The third-order valence-corrected chi connectivity index (χ3v) is 9.93. The second-order valence-electron chi connectivity index (χ2n) is 12.6. The lowest BCUT2D eigenvalue weighted by Crippen LogP contribution is -2.60. The zero-order valence-corrected chi connectivity index (χ0v) is 23.3. The van der Waals surface area contributed by atoms with Gasteiger partial charge in [-0.15, -0.1) is 0 Å². The number of rotatable bonds is 5. The number of phenolic OH excluding ortho intramolecular Hbond substituents is 1. The molecule has 1 saturated carbocycles. The number of aliphatic hydroxyl groups excluding tert-OH is 2. The number of benzene rings is 1. The van der Waals surface area contributed by atoms with Gasteiger partial charge in [-0.3, -0.25) is 14.4 Å². The molecule has 0 aliphatic heterocycles. The van der Waals surface area contributed by atoms with E-state index in [1.54, 1.807) is 0 Å². The Morgan fingerprint density at radius 2 is 1.77 bits per heavy atom. The number of aryl methyl sites for hydroxylation is 2. The minimum absolute atomic E-state index is 0.0690. The molecule has 210 valence electrons. The maximum absolute atomic E-state index is 14.0. The molecule has 0 saturated heterocycles. The molecule has 0 aromatic heterocycles. The Morgan fingerprint density at radius 1 is 1.10 bits per heavy atom. The second-order valence-corrected chi connectivity index (χ2v) is 12.6. The molecular formula is C32H40O7. The summed E-state index contributed by atoms with van der Waals surface area (Å²) in [6.45, 7) is 6.71. The van der Waals surface area contributed by atoms with Crippen molar-refractivity contribution < 1.29 is 34.8 Å². The number of Topliss-reactive ketones (excluding diaryl/α,β-unsaturated/α-hetero) is 3. The van der Waals surface area contributed by atoms with Gasteiger partial charge in [0.25, 0.3) is 0 Å². The molecule has 1 aromatic rings. The summed E-state index contributed by atoms with van der Waals surface area (Å²) in [4.78, 5) is 39.9. The van der Waals surface area contributed by atoms with Gasteiger partial charge < -0.3 is 20.4 Å². The maximum atomic E-state index is 14.0. The van der Waals surface area contributed by atoms with Crippen LogP contribution in [0.4, 0.5) is 0 Å². The smallest absolute Gasteiger partial charge is 0.209 e. The molecule has 39 heavy (non-hydrogen) atoms. The average molecular weight is 537 g/mol. The van der Waals surface area contributed by atoms with Crippen LogP contribution in [0.3, 0.4) is 0 Å². The number of hydrogen-bond donors (Lipinski definition) is 4. The lowest BCUT2D eigenvalue weighted by atomic mass is 9.55. The Balaban J connectivity index is 1.59. The van der Waals surface area contributed by atoms with Gasteiger partial charge in [0.15, 0.2) is 17.2 Å². The highest BCUT2D eigenvalue weighted by Crippen LogP contribution is 2.55. The lowest BCUT2D eigenvalue weighted by Gasteiger charge is -2.50. The van der Waals surface area contributed by atoms with Crippen LogP contribution in [0, 0.1) is 36.5 Å². The molecule has 0 spiro atoms. The van der Waals surface area contributed by atoms with E-state index in [2.05, 4.69) is 0 Å². The van der Waals surface area contributed by atoms with Crippen LogP contribution in [0.2, 0.25) is 0 Å². The molecule has 1 aromatic carbocycles. The minimum atomic E-state index is -2.50. The Bertz CT molecular complexity index is 1310. The summed E-state index contributed by atoms with van der Waals surface area (Å²) in [6, 6.07) is 1.97. The van der Waals surface area contributed by atoms with Crippen molar-refractivity contribution in [1.29, 1.82) is 0 Å². The molecule has 7 nitrogen and oxygen atoms in total. The number of phenols is 1. The number of carbonyl (C=O) groups is 3. The van der Waals surface area contributed by atoms with E-state index in [4.69, 9.17) is 0 Å². The van der Waals surface area contributed by atoms with Crippen molar-refractivity contribution in [1.82, 2.24) is 0 Å². The number of ketones is 3. The summed E-state index contributed by atoms with van der Waals surface area (Å²) in [5.41, 5.74) is -0.622. The summed E-state index contributed by atoms with van der Waals surface area (Å²) >= 11 is 0. The fourth-order valence-corrected chi connectivity index (χ4v) is 7.95. The molecule has 7 heteroatoms. The predicted molar refractivity (Wildman–Crippen MR) is 146 cm³/mol. The highest BCUT2D eigenvalue weighted by molar-refractivity contribution is 6.25. The number of allylic oxidation sites excluding steroid dienone is 2. The molecule has 4 aliphatic carbocycles. The van der Waals surface area contributed by atoms with Gasteiger partial charge in [-0.25, -0.2) is 0 Å². The second kappa shape index (κ2) is 9.92. The van der Waals surface area contributed by atoms with Gasteiger partial charge in [-0.2, -0.15) is 0 Å². The zero-order chi connectivity index (χ0) is 28.4. The molecule has 0 heterocycles. The summed E-state index contributed by atoms with van der Waals surface area (Å²) in [5.74, 6) is -5.32. The summed E-state index contributed by atoms with van der Waals surface area (Å²) in [7, 11) is 0. The van der Waals surface area contributed by atoms with Gasteiger partial charge in [0.1, 0.15) is 22.8 Å². The standard InChI is InChI=1S/C32H40O7/c1-15(2)23-22-14-20-13-21-16(3)12-19(11-10-18-8-6-5-7-9-18)27(34)26(21)29(36)25(20)31(38)32(22,39)30(37)24(17(4)33)28(23)35/h12,15,18,20,22-23,34-35,38-39H,5-11,13-14H2,1-4H3/t20?,22?,23?,32-/m0/s1. The van der Waals surface area contributed by atoms with E-state index in [0.717, 1.165) is 24.5 Å². The van der Waals surface area contributed by atoms with Crippen LogP contribution in [0.1, 0.15) is 92.8 Å². The van der Waals surface area contributed by atoms with Crippen LogP contribution >= 0.6 is 0 Å². The Kier molecular flexibility index (Phi) is 7.03. The third kappa shape index (κ3) is 4.16. The van der Waals surface area contributed by atoms with Gasteiger partial charge >= 0.3 is 0 Å². The number of hydrogen-bond acceptors (Lipinski definition) is 7. The summed E-state index contributed by atoms with van der Waals surface area (Å²) in [5, 5.41) is 45.6. The minimum Gasteiger partial charge on any atom is -0.511 e. The van der Waals surface area contributed by atoms with Gasteiger partial charge in [0, 0.05) is 17.4 Å². The fraction of sp³-hybridized carbons (Fsp3) is 0.594. The first-order valence-electron chi connectivity index (χ1n) is 14.4. The van der Waals surface area contributed by atoms with Crippen molar-refractivity contribution in [2.75, 3.05) is 0 Å². The maximum Gasteiger partial charge on any atom is 0.209 e. The highest BCUT2D eigenvalue weighted by Gasteiger charge is 2.62. The Labute approximate surface area is 229 Å². The first kappa shape index (κ1) is 27.6. The van der Waals surface area contributed by atoms with E-state index < -0.39 is 52.0 Å². The van der Waals surface area contributed by atoms with Crippen LogP contribution < -0.4 is 0 Å². The summed E-state index contributed by atoms with van der Waals surface area (Å²) < 4.78 is 0. The van der Waals surface area contributed by atoms with Gasteiger partial charge in [0.05, 0.1) is 5.56 Å². The van der Waals surface area contributed by atoms with E-state index in [9.17, 15) is 34.8 Å². The number of aromatic hydroxyl groups is 1. The van der Waals surface area contributed by atoms with E-state index in [1.807, 2.05) is 26.8 Å². The van der Waals surface area contributed by atoms with Crippen LogP contribution in [0.25, 0.3) is 0 Å². The fourth-order valence-electron chi connectivity index (χ4n) is 7.95. The van der Waals surface area contributed by atoms with E-state index >= 15 is 0 Å². The Hall–Kier alpha value is -2.93. The van der Waals surface area contributed by atoms with E-state index in [0.29, 0.717) is 24.3 Å². The largest absolute Gasteiger partial charge is 0.511 e. The van der Waals surface area contributed by atoms with Crippen molar-refractivity contribution in [2.45, 2.75) is 91.1 Å². The number of aliphatic hydroxyl groups is 3. The third-order valence-electron chi connectivity index (χ3n) is 9.93. The van der Waals surface area contributed by atoms with Gasteiger partial charge in [0.2, 0.25) is 5.78 Å². The molecular weight excluding hydrogens is 496 g/mol. The van der Waals surface area contributed by atoms with E-state index in [-0.39, 0.29) is 35.0 Å². The predicted octanol–water partition coefficient (Wildman–Crippen LogP) is 5.39. The Morgan fingerprint density at radius 3 is 2.38 bits per heavy atom. The number of fused-ring (bicyclic) bond motifs is 3. The van der Waals surface area contributed by atoms with Crippen LogP contribution in [0.5, 0.6) is 5.75 Å². The van der Waals surface area contributed by atoms with Crippen molar-refractivity contribution in [3.05, 3.63) is 51.0 Å². The SMILES string of the molecule is CC(=O)C1=C(O)C(C(C)C)C2CC3Cc4c(C)cc(CCC5CCCCC5)c(O)c4C(=O)C3=C(O)[C@@]2(O)C1=O. The first-order valence-corrected chi connectivity index (χ1v) is 14.4. The van der Waals surface area contributed by atoms with Crippen molar-refractivity contribution in [3.8, 4) is 5.75 Å². The molecule has 4 atom stereocenters. The molecule has 0 radical (unpaired) electrons. The zero-order valence-electron chi connectivity index (χ0n) is 23.3. The topological polar surface area (TPSA) is 132 Å². The highest BCUT2D eigenvalue weighted by atomic mass is 16.3. The molecule has 5 rings (SSSR count). The van der Waals surface area contributed by atoms with Crippen LogP contribution in [-0.4, -0.2) is 43.4 Å². The van der Waals surface area contributed by atoms with Crippen molar-refractivity contribution >= 4 is 17.3 Å². The van der Waals surface area contributed by atoms with Crippen LogP contribution in [-0.2, 0) is 22.4 Å². The quantitative estimate of drug-likeness (QED) is 0.371. The summed E-state index contributed by atoms with van der Waals surface area (Å²) in [6.07, 6.45) is 8.22. The molecule has 1 fully saturated rings. The van der Waals surface area contributed by atoms with Crippen molar-refractivity contribution in [2.24, 2.45) is 29.6 Å². The van der Waals surface area contributed by atoms with Crippen molar-refractivity contribution in [3.63, 3.8) is 0 Å². The first-order chi connectivity index (χ1) is 18.4. The normalized spacial score (nSPS) is 29.4. The molecule has 4 N–H and O–H groups in total. The lowest BCUT2D eigenvalue weighted by molar-refractivity contribution is -0.149.